The molecular formula is C44H45N7O10. The Morgan fingerprint density at radius 2 is 1.66 bits per heavy atom. The Labute approximate surface area is 350 Å². The van der Waals surface area contributed by atoms with Gasteiger partial charge >= 0.3 is 6.09 Å². The van der Waals surface area contributed by atoms with Crippen LogP contribution in [-0.4, -0.2) is 94.1 Å². The summed E-state index contributed by atoms with van der Waals surface area (Å²) < 4.78 is 11.5. The van der Waals surface area contributed by atoms with Crippen molar-refractivity contribution in [1.29, 1.82) is 10.8 Å². The summed E-state index contributed by atoms with van der Waals surface area (Å²) in [6.07, 6.45) is 1.26. The lowest BCUT2D eigenvalue weighted by Crippen LogP contribution is -2.51. The molecule has 0 radical (unpaired) electrons. The Bertz CT molecular complexity index is 2380. The first-order valence-corrected chi connectivity index (χ1v) is 19.8. The number of amidine groups is 2. The van der Waals surface area contributed by atoms with Crippen LogP contribution in [0.3, 0.4) is 0 Å². The lowest BCUT2D eigenvalue weighted by atomic mass is 9.97. The number of benzene rings is 4. The van der Waals surface area contributed by atoms with Gasteiger partial charge in [-0.2, -0.15) is 0 Å². The molecule has 7 rings (SSSR count). The first-order chi connectivity index (χ1) is 29.3. The van der Waals surface area contributed by atoms with Gasteiger partial charge in [0.15, 0.2) is 12.1 Å². The molecule has 6 N–H and O–H groups in total. The highest BCUT2D eigenvalue weighted by Gasteiger charge is 2.39. The third-order valence-corrected chi connectivity index (χ3v) is 11.0. The number of aromatic hydroxyl groups is 2. The molecule has 4 amide bonds. The predicted molar refractivity (Wildman–Crippen MR) is 222 cm³/mol. The molecule has 1 unspecified atom stereocenters. The number of phenolic OH excluding ortho intramolecular Hbond substituents is 2. The summed E-state index contributed by atoms with van der Waals surface area (Å²) in [5.74, 6) is -1.41. The minimum absolute atomic E-state index is 0.0349. The average Bonchev–Trinajstić information content (AvgIpc) is 3.60. The fourth-order valence-electron chi connectivity index (χ4n) is 7.61. The monoisotopic (exact) mass is 831 g/mol. The number of nitrogens with zero attached hydrogens (tertiary/aromatic N) is 3. The number of piperidine rings is 1. The number of carbonyl (C=O) groups excluding carboxylic acids is 5. The molecule has 3 aliphatic heterocycles. The quantitative estimate of drug-likeness (QED) is 0.0592. The van der Waals surface area contributed by atoms with Gasteiger partial charge in [0.2, 0.25) is 0 Å². The maximum atomic E-state index is 13.4. The van der Waals surface area contributed by atoms with Crippen molar-refractivity contribution in [3.8, 4) is 23.0 Å². The molecular weight excluding hydrogens is 787 g/mol. The van der Waals surface area contributed by atoms with Crippen molar-refractivity contribution >= 4 is 53.1 Å². The third kappa shape index (κ3) is 9.01. The molecule has 17 nitrogen and oxygen atoms in total. The topological polar surface area (TPSA) is 235 Å². The number of hydroxylamine groups is 1. The standard InChI is InChI=1S/C44H45N7O10/c1-25(2)32-20-33(38(54)21-37(32)53)40(46)51(39(45)23-52)28-8-12-30(13-9-28)61-29-10-6-27(7-11-29)42(56)49-17-14-26(15-18-49)24-59-44(58)47-35-5-3-4-31-34(35)22-50(43(31)57)36-16-19-60-48-41(36)55/h3-13,20-21,23,25-26,36,45-46,53-54H,14-19,22,24H2,1-2H3,(H,47,58)(H,48,55). The molecule has 2 saturated heterocycles. The van der Waals surface area contributed by atoms with E-state index in [2.05, 4.69) is 10.8 Å². The molecule has 0 bridgehead atoms. The average molecular weight is 832 g/mol. The maximum absolute atomic E-state index is 13.4. The summed E-state index contributed by atoms with van der Waals surface area (Å²) in [5.41, 5.74) is 5.08. The van der Waals surface area contributed by atoms with E-state index in [9.17, 15) is 34.2 Å². The largest absolute Gasteiger partial charge is 0.508 e. The van der Waals surface area contributed by atoms with Gasteiger partial charge in [-0.3, -0.25) is 45.1 Å². The minimum Gasteiger partial charge on any atom is -0.508 e. The fraction of sp³-hybridized carbons (Fsp3) is 0.295. The van der Waals surface area contributed by atoms with E-state index >= 15 is 0 Å². The number of ether oxygens (including phenoxy) is 2. The molecule has 0 spiro atoms. The first-order valence-electron chi connectivity index (χ1n) is 19.8. The summed E-state index contributed by atoms with van der Waals surface area (Å²) in [6.45, 7) is 5.26. The Morgan fingerprint density at radius 1 is 0.967 bits per heavy atom. The predicted octanol–water partition coefficient (Wildman–Crippen LogP) is 5.90. The number of rotatable bonds is 11. The van der Waals surface area contributed by atoms with Crippen molar-refractivity contribution in [1.82, 2.24) is 15.3 Å². The summed E-state index contributed by atoms with van der Waals surface area (Å²) in [5, 5.41) is 40.6. The number of fused-ring (bicyclic) bond motifs is 1. The molecule has 1 atom stereocenters. The van der Waals surface area contributed by atoms with Crippen LogP contribution in [0.5, 0.6) is 23.0 Å². The van der Waals surface area contributed by atoms with E-state index in [0.29, 0.717) is 71.8 Å². The molecule has 3 heterocycles. The van der Waals surface area contributed by atoms with Crippen LogP contribution in [-0.2, 0) is 25.7 Å². The summed E-state index contributed by atoms with van der Waals surface area (Å²) in [6, 6.07) is 19.9. The van der Waals surface area contributed by atoms with Crippen LogP contribution in [0.2, 0.25) is 0 Å². The van der Waals surface area contributed by atoms with Crippen molar-refractivity contribution in [2.75, 3.05) is 36.5 Å². The van der Waals surface area contributed by atoms with Gasteiger partial charge in [-0.25, -0.2) is 10.3 Å². The number of hydrogen-bond acceptors (Lipinski definition) is 12. The van der Waals surface area contributed by atoms with Crippen molar-refractivity contribution in [3.05, 3.63) is 107 Å². The highest BCUT2D eigenvalue weighted by atomic mass is 16.7. The van der Waals surface area contributed by atoms with Gasteiger partial charge in [0, 0.05) is 60.2 Å². The van der Waals surface area contributed by atoms with Crippen molar-refractivity contribution in [2.45, 2.75) is 51.6 Å². The van der Waals surface area contributed by atoms with E-state index < -0.39 is 18.0 Å². The Hall–Kier alpha value is -7.27. The maximum Gasteiger partial charge on any atom is 0.411 e. The van der Waals surface area contributed by atoms with E-state index in [1.165, 1.54) is 11.0 Å². The summed E-state index contributed by atoms with van der Waals surface area (Å²) in [4.78, 5) is 72.6. The molecule has 0 saturated carbocycles. The SMILES string of the molecule is CC(C)c1cc(C(=N)N(C(=N)C=O)c2ccc(Oc3ccc(C(=O)N4CCC(COC(=O)Nc5cccc6c5CN(C5CCONC5=O)C6=O)CC4)cc3)cc2)c(O)cc1O. The number of aldehydes is 1. The molecule has 2 fully saturated rings. The molecule has 61 heavy (non-hydrogen) atoms. The fourth-order valence-corrected chi connectivity index (χ4v) is 7.61. The van der Waals surface area contributed by atoms with Gasteiger partial charge in [0.25, 0.3) is 17.7 Å². The van der Waals surface area contributed by atoms with Crippen LogP contribution in [0, 0.1) is 16.7 Å². The highest BCUT2D eigenvalue weighted by Crippen LogP contribution is 2.35. The molecule has 3 aliphatic rings. The van der Waals surface area contributed by atoms with Crippen molar-refractivity contribution in [2.24, 2.45) is 5.92 Å². The van der Waals surface area contributed by atoms with E-state index in [4.69, 9.17) is 25.1 Å². The van der Waals surface area contributed by atoms with Gasteiger partial charge in [-0.05, 0) is 97.0 Å². The smallest absolute Gasteiger partial charge is 0.411 e. The number of carbonyl (C=O) groups is 5. The van der Waals surface area contributed by atoms with Crippen LogP contribution >= 0.6 is 0 Å². The highest BCUT2D eigenvalue weighted by molar-refractivity contribution is 6.41. The number of anilines is 2. The number of likely N-dealkylation sites (tertiary alicyclic amines) is 1. The van der Waals surface area contributed by atoms with Crippen LogP contribution in [0.15, 0.2) is 78.9 Å². The van der Waals surface area contributed by atoms with Gasteiger partial charge in [0.05, 0.1) is 18.8 Å². The molecule has 4 aromatic rings. The van der Waals surface area contributed by atoms with E-state index in [1.54, 1.807) is 71.6 Å². The minimum atomic E-state index is -0.663. The van der Waals surface area contributed by atoms with E-state index in [1.807, 2.05) is 13.8 Å². The number of nitrogens with one attached hydrogen (secondary N) is 4. The molecule has 0 aromatic heterocycles. The van der Waals surface area contributed by atoms with Gasteiger partial charge in [-0.1, -0.05) is 19.9 Å². The van der Waals surface area contributed by atoms with Crippen molar-refractivity contribution in [3.63, 3.8) is 0 Å². The van der Waals surface area contributed by atoms with E-state index in [0.717, 1.165) is 11.0 Å². The zero-order valence-electron chi connectivity index (χ0n) is 33.5. The van der Waals surface area contributed by atoms with Crippen LogP contribution in [0.1, 0.15) is 76.4 Å². The van der Waals surface area contributed by atoms with Gasteiger partial charge in [0.1, 0.15) is 34.9 Å². The van der Waals surface area contributed by atoms with Gasteiger partial charge < -0.3 is 29.5 Å². The second-order valence-electron chi connectivity index (χ2n) is 15.2. The zero-order valence-corrected chi connectivity index (χ0v) is 33.5. The molecule has 4 aromatic carbocycles. The lowest BCUT2D eigenvalue weighted by molar-refractivity contribution is -0.146. The molecule has 0 aliphatic carbocycles. The summed E-state index contributed by atoms with van der Waals surface area (Å²) >= 11 is 0. The summed E-state index contributed by atoms with van der Waals surface area (Å²) in [7, 11) is 0. The molecule has 17 heteroatoms. The lowest BCUT2D eigenvalue weighted by Gasteiger charge is -2.31. The van der Waals surface area contributed by atoms with Crippen LogP contribution < -0.4 is 20.4 Å². The number of phenols is 2. The van der Waals surface area contributed by atoms with Crippen molar-refractivity contribution < 1.29 is 48.5 Å². The molecule has 316 valence electrons. The Balaban J connectivity index is 0.889. The van der Waals surface area contributed by atoms with E-state index in [-0.39, 0.29) is 84.2 Å². The van der Waals surface area contributed by atoms with Crippen LogP contribution in [0.4, 0.5) is 16.2 Å². The second kappa shape index (κ2) is 17.9. The van der Waals surface area contributed by atoms with Crippen LogP contribution in [0.25, 0.3) is 0 Å². The number of hydrogen-bond donors (Lipinski definition) is 6. The zero-order chi connectivity index (χ0) is 43.4. The second-order valence-corrected chi connectivity index (χ2v) is 15.2. The first kappa shape index (κ1) is 41.9. The Morgan fingerprint density at radius 3 is 2.31 bits per heavy atom. The third-order valence-electron chi connectivity index (χ3n) is 11.0. The normalized spacial score (nSPS) is 16.4. The number of amides is 4. The Kier molecular flexibility index (Phi) is 12.3. The van der Waals surface area contributed by atoms with Gasteiger partial charge in [-0.15, -0.1) is 0 Å².